The second-order valence-corrected chi connectivity index (χ2v) is 5.80. The third-order valence-corrected chi connectivity index (χ3v) is 4.25. The molecular formula is C15H22FN. The van der Waals surface area contributed by atoms with Gasteiger partial charge in [-0.3, -0.25) is 0 Å². The first-order valence-corrected chi connectivity index (χ1v) is 6.50. The fourth-order valence-electron chi connectivity index (χ4n) is 3.18. The van der Waals surface area contributed by atoms with Crippen LogP contribution in [0.3, 0.4) is 0 Å². The van der Waals surface area contributed by atoms with Gasteiger partial charge in [-0.15, -0.1) is 0 Å². The molecule has 0 amide bonds. The van der Waals surface area contributed by atoms with E-state index in [1.165, 1.54) is 24.8 Å². The van der Waals surface area contributed by atoms with Crippen LogP contribution < -0.4 is 5.73 Å². The average Bonchev–Trinajstić information content (AvgIpc) is 2.65. The van der Waals surface area contributed by atoms with Gasteiger partial charge in [-0.2, -0.15) is 0 Å². The van der Waals surface area contributed by atoms with Crippen LogP contribution in [0.2, 0.25) is 0 Å². The van der Waals surface area contributed by atoms with Crippen LogP contribution >= 0.6 is 0 Å². The van der Waals surface area contributed by atoms with Crippen molar-refractivity contribution in [3.63, 3.8) is 0 Å². The largest absolute Gasteiger partial charge is 0.330 e. The van der Waals surface area contributed by atoms with E-state index >= 15 is 0 Å². The number of halogens is 1. The second kappa shape index (κ2) is 4.77. The molecule has 1 aliphatic rings. The summed E-state index contributed by atoms with van der Waals surface area (Å²) in [6.07, 6.45) is 4.69. The van der Waals surface area contributed by atoms with Crippen molar-refractivity contribution in [2.45, 2.75) is 39.5 Å². The molecule has 17 heavy (non-hydrogen) atoms. The minimum Gasteiger partial charge on any atom is -0.330 e. The van der Waals surface area contributed by atoms with E-state index in [0.29, 0.717) is 0 Å². The minimum absolute atomic E-state index is 0.146. The molecule has 2 rings (SSSR count). The van der Waals surface area contributed by atoms with Crippen molar-refractivity contribution in [2.75, 3.05) is 6.54 Å². The van der Waals surface area contributed by atoms with Crippen molar-refractivity contribution in [3.8, 4) is 0 Å². The zero-order valence-electron chi connectivity index (χ0n) is 10.8. The van der Waals surface area contributed by atoms with Gasteiger partial charge in [0.2, 0.25) is 0 Å². The molecule has 94 valence electrons. The molecule has 1 fully saturated rings. The molecule has 0 radical (unpaired) electrons. The molecule has 0 spiro atoms. The van der Waals surface area contributed by atoms with E-state index < -0.39 is 0 Å². The van der Waals surface area contributed by atoms with Gasteiger partial charge in [0.15, 0.2) is 0 Å². The highest BCUT2D eigenvalue weighted by molar-refractivity contribution is 5.28. The summed E-state index contributed by atoms with van der Waals surface area (Å²) >= 11 is 0. The predicted molar refractivity (Wildman–Crippen MR) is 69.3 cm³/mol. The third kappa shape index (κ3) is 2.68. The maximum absolute atomic E-state index is 13.1. The summed E-state index contributed by atoms with van der Waals surface area (Å²) in [4.78, 5) is 0. The fraction of sp³-hybridized carbons (Fsp3) is 0.600. The van der Waals surface area contributed by atoms with Crippen LogP contribution in [0.15, 0.2) is 18.2 Å². The van der Waals surface area contributed by atoms with Gasteiger partial charge in [0, 0.05) is 0 Å². The molecule has 1 saturated carbocycles. The summed E-state index contributed by atoms with van der Waals surface area (Å²) < 4.78 is 13.1. The first-order valence-electron chi connectivity index (χ1n) is 6.50. The standard InChI is InChI=1S/C15H22FN/c1-11-5-6-15(8-11,10-17)9-13-3-4-14(16)7-12(13)2/h3-4,7,11H,5-6,8-10,17H2,1-2H3. The quantitative estimate of drug-likeness (QED) is 0.853. The lowest BCUT2D eigenvalue weighted by atomic mass is 9.78. The molecule has 0 saturated heterocycles. The number of hydrogen-bond donors (Lipinski definition) is 1. The first-order chi connectivity index (χ1) is 8.04. The Labute approximate surface area is 103 Å². The van der Waals surface area contributed by atoms with Gasteiger partial charge in [-0.05, 0) is 67.3 Å². The fourth-order valence-corrected chi connectivity index (χ4v) is 3.18. The number of benzene rings is 1. The number of rotatable bonds is 3. The van der Waals surface area contributed by atoms with Crippen LogP contribution in [0.5, 0.6) is 0 Å². The van der Waals surface area contributed by atoms with Gasteiger partial charge >= 0.3 is 0 Å². The Morgan fingerprint density at radius 2 is 2.24 bits per heavy atom. The van der Waals surface area contributed by atoms with Gasteiger partial charge in [0.05, 0.1) is 0 Å². The summed E-state index contributed by atoms with van der Waals surface area (Å²) in [6.45, 7) is 5.03. The van der Waals surface area contributed by atoms with Gasteiger partial charge < -0.3 is 5.73 Å². The molecule has 0 aliphatic heterocycles. The topological polar surface area (TPSA) is 26.0 Å². The van der Waals surface area contributed by atoms with E-state index in [9.17, 15) is 4.39 Å². The molecular weight excluding hydrogens is 213 g/mol. The van der Waals surface area contributed by atoms with Crippen LogP contribution in [-0.4, -0.2) is 6.54 Å². The molecule has 2 atom stereocenters. The molecule has 2 N–H and O–H groups in total. The highest BCUT2D eigenvalue weighted by Gasteiger charge is 2.36. The van der Waals surface area contributed by atoms with E-state index in [0.717, 1.165) is 24.4 Å². The van der Waals surface area contributed by atoms with Gasteiger partial charge in [-0.25, -0.2) is 4.39 Å². The first kappa shape index (κ1) is 12.6. The van der Waals surface area contributed by atoms with Crippen molar-refractivity contribution in [1.29, 1.82) is 0 Å². The summed E-state index contributed by atoms with van der Waals surface area (Å²) in [5, 5.41) is 0. The predicted octanol–water partition coefficient (Wildman–Crippen LogP) is 3.44. The van der Waals surface area contributed by atoms with E-state index in [1.807, 2.05) is 13.0 Å². The summed E-state index contributed by atoms with van der Waals surface area (Å²) in [5.74, 6) is 0.632. The monoisotopic (exact) mass is 235 g/mol. The maximum atomic E-state index is 13.1. The Hall–Kier alpha value is -0.890. The number of hydrogen-bond acceptors (Lipinski definition) is 1. The lowest BCUT2D eigenvalue weighted by Crippen LogP contribution is -2.30. The zero-order valence-corrected chi connectivity index (χ0v) is 10.8. The van der Waals surface area contributed by atoms with Gasteiger partial charge in [0.1, 0.15) is 5.82 Å². The summed E-state index contributed by atoms with van der Waals surface area (Å²) in [6, 6.07) is 5.11. The molecule has 1 aromatic carbocycles. The van der Waals surface area contributed by atoms with E-state index in [-0.39, 0.29) is 11.2 Å². The van der Waals surface area contributed by atoms with Crippen LogP contribution in [0.4, 0.5) is 4.39 Å². The Balaban J connectivity index is 2.19. The molecule has 2 heteroatoms. The Morgan fingerprint density at radius 1 is 1.47 bits per heavy atom. The molecule has 0 bridgehead atoms. The number of nitrogens with two attached hydrogens (primary N) is 1. The Kier molecular flexibility index (Phi) is 3.53. The van der Waals surface area contributed by atoms with Gasteiger partial charge in [0.25, 0.3) is 0 Å². The molecule has 0 heterocycles. The number of aryl methyl sites for hydroxylation is 1. The van der Waals surface area contributed by atoms with E-state index in [1.54, 1.807) is 12.1 Å². The van der Waals surface area contributed by atoms with Gasteiger partial charge in [-0.1, -0.05) is 19.4 Å². The van der Waals surface area contributed by atoms with E-state index in [4.69, 9.17) is 5.73 Å². The summed E-state index contributed by atoms with van der Waals surface area (Å²) in [7, 11) is 0. The van der Waals surface area contributed by atoms with Crippen molar-refractivity contribution in [2.24, 2.45) is 17.1 Å². The highest BCUT2D eigenvalue weighted by atomic mass is 19.1. The molecule has 1 aliphatic carbocycles. The van der Waals surface area contributed by atoms with Crippen LogP contribution in [0.25, 0.3) is 0 Å². The Morgan fingerprint density at radius 3 is 2.76 bits per heavy atom. The van der Waals surface area contributed by atoms with Crippen LogP contribution in [0.1, 0.15) is 37.3 Å². The van der Waals surface area contributed by atoms with Crippen molar-refractivity contribution in [1.82, 2.24) is 0 Å². The summed E-state index contributed by atoms with van der Waals surface area (Å²) in [5.41, 5.74) is 8.55. The van der Waals surface area contributed by atoms with Crippen LogP contribution in [0, 0.1) is 24.1 Å². The van der Waals surface area contributed by atoms with Crippen molar-refractivity contribution in [3.05, 3.63) is 35.1 Å². The smallest absolute Gasteiger partial charge is 0.123 e. The second-order valence-electron chi connectivity index (χ2n) is 5.80. The van der Waals surface area contributed by atoms with Crippen LogP contribution in [-0.2, 0) is 6.42 Å². The normalized spacial score (nSPS) is 28.6. The lowest BCUT2D eigenvalue weighted by Gasteiger charge is -2.28. The highest BCUT2D eigenvalue weighted by Crippen LogP contribution is 2.43. The molecule has 1 aromatic rings. The zero-order chi connectivity index (χ0) is 12.5. The third-order valence-electron chi connectivity index (χ3n) is 4.25. The Bertz CT molecular complexity index is 402. The lowest BCUT2D eigenvalue weighted by molar-refractivity contribution is 0.295. The van der Waals surface area contributed by atoms with Crippen molar-refractivity contribution < 1.29 is 4.39 Å². The minimum atomic E-state index is -0.146. The molecule has 1 nitrogen and oxygen atoms in total. The maximum Gasteiger partial charge on any atom is 0.123 e. The SMILES string of the molecule is Cc1cc(F)ccc1CC1(CN)CCC(C)C1. The van der Waals surface area contributed by atoms with Crippen molar-refractivity contribution >= 4 is 0 Å². The van der Waals surface area contributed by atoms with E-state index in [2.05, 4.69) is 6.92 Å². The average molecular weight is 235 g/mol. The molecule has 0 aromatic heterocycles. The molecule has 2 unspecified atom stereocenters.